The van der Waals surface area contributed by atoms with Gasteiger partial charge in [-0.05, 0) is 27.2 Å². The van der Waals surface area contributed by atoms with Crippen LogP contribution in [0.4, 0.5) is 0 Å². The van der Waals surface area contributed by atoms with Crippen molar-refractivity contribution < 1.29 is 14.6 Å². The smallest absolute Gasteiger partial charge is 0.326 e. The number of carbonyl (C=O) groups excluding carboxylic acids is 1. The van der Waals surface area contributed by atoms with Crippen LogP contribution in [0.3, 0.4) is 0 Å². The molecule has 0 rings (SSSR count). The van der Waals surface area contributed by atoms with Gasteiger partial charge in [0.05, 0.1) is 6.10 Å². The molecule has 0 heterocycles. The molecule has 0 saturated carbocycles. The number of hydrogen-bond donors (Lipinski definition) is 2. The first-order chi connectivity index (χ1) is 5.78. The van der Waals surface area contributed by atoms with E-state index >= 15 is 0 Å². The van der Waals surface area contributed by atoms with Crippen LogP contribution in [0.15, 0.2) is 0 Å². The third-order valence-electron chi connectivity index (χ3n) is 1.51. The molecular weight excluding hydrogens is 170 g/mol. The van der Waals surface area contributed by atoms with E-state index in [0.29, 0.717) is 6.42 Å². The van der Waals surface area contributed by atoms with E-state index < -0.39 is 23.7 Å². The lowest BCUT2D eigenvalue weighted by atomic mass is 10.1. The van der Waals surface area contributed by atoms with E-state index in [-0.39, 0.29) is 0 Å². The van der Waals surface area contributed by atoms with Crippen LogP contribution in [0.1, 0.15) is 34.1 Å². The van der Waals surface area contributed by atoms with Crippen LogP contribution in [0.5, 0.6) is 0 Å². The molecular formula is C9H19NO3. The Balaban J connectivity index is 4.12. The largest absolute Gasteiger partial charge is 0.459 e. The van der Waals surface area contributed by atoms with Crippen molar-refractivity contribution in [3.63, 3.8) is 0 Å². The summed E-state index contributed by atoms with van der Waals surface area (Å²) in [7, 11) is 0. The molecule has 13 heavy (non-hydrogen) atoms. The van der Waals surface area contributed by atoms with E-state index in [1.54, 1.807) is 27.7 Å². The van der Waals surface area contributed by atoms with Gasteiger partial charge in [0, 0.05) is 0 Å². The summed E-state index contributed by atoms with van der Waals surface area (Å²) in [5, 5.41) is 9.27. The molecule has 3 N–H and O–H groups in total. The summed E-state index contributed by atoms with van der Waals surface area (Å²) < 4.78 is 5.00. The van der Waals surface area contributed by atoms with Crippen LogP contribution in [0, 0.1) is 0 Å². The van der Waals surface area contributed by atoms with E-state index in [9.17, 15) is 9.90 Å². The molecule has 0 aromatic heterocycles. The number of esters is 1. The van der Waals surface area contributed by atoms with Gasteiger partial charge in [0.1, 0.15) is 11.6 Å². The van der Waals surface area contributed by atoms with Gasteiger partial charge in [-0.2, -0.15) is 0 Å². The number of hydrogen-bond acceptors (Lipinski definition) is 4. The monoisotopic (exact) mass is 189 g/mol. The number of aliphatic hydroxyl groups is 1. The van der Waals surface area contributed by atoms with Crippen molar-refractivity contribution in [3.8, 4) is 0 Å². The Morgan fingerprint density at radius 2 is 2.00 bits per heavy atom. The second-order valence-electron chi connectivity index (χ2n) is 4.03. The van der Waals surface area contributed by atoms with Gasteiger partial charge >= 0.3 is 5.97 Å². The molecule has 4 nitrogen and oxygen atoms in total. The van der Waals surface area contributed by atoms with E-state index in [4.69, 9.17) is 10.5 Å². The molecule has 0 aliphatic heterocycles. The lowest BCUT2D eigenvalue weighted by molar-refractivity contribution is -0.159. The van der Waals surface area contributed by atoms with Crippen molar-refractivity contribution >= 4 is 5.97 Å². The molecule has 4 heteroatoms. The summed E-state index contributed by atoms with van der Waals surface area (Å²) >= 11 is 0. The highest BCUT2D eigenvalue weighted by Gasteiger charge is 2.26. The Bertz CT molecular complexity index is 174. The number of nitrogens with two attached hydrogens (primary N) is 1. The fraction of sp³-hybridized carbons (Fsp3) is 0.889. The maximum Gasteiger partial charge on any atom is 0.326 e. The fourth-order valence-corrected chi connectivity index (χ4v) is 0.781. The van der Waals surface area contributed by atoms with Gasteiger partial charge in [-0.3, -0.25) is 4.79 Å². The third-order valence-corrected chi connectivity index (χ3v) is 1.51. The van der Waals surface area contributed by atoms with Crippen LogP contribution in [0.2, 0.25) is 0 Å². The molecule has 0 aromatic carbocycles. The number of carbonyl (C=O) groups is 1. The van der Waals surface area contributed by atoms with Gasteiger partial charge in [0.15, 0.2) is 0 Å². The first-order valence-corrected chi connectivity index (χ1v) is 4.44. The van der Waals surface area contributed by atoms with E-state index in [0.717, 1.165) is 0 Å². The van der Waals surface area contributed by atoms with Crippen molar-refractivity contribution in [2.45, 2.75) is 51.9 Å². The topological polar surface area (TPSA) is 72.5 Å². The second kappa shape index (κ2) is 4.58. The average Bonchev–Trinajstić information content (AvgIpc) is 1.98. The Morgan fingerprint density at radius 1 is 1.54 bits per heavy atom. The van der Waals surface area contributed by atoms with E-state index in [1.807, 2.05) is 0 Å². The average molecular weight is 189 g/mol. The molecule has 0 bridgehead atoms. The minimum Gasteiger partial charge on any atom is -0.459 e. The molecule has 0 aromatic rings. The minimum absolute atomic E-state index is 0.445. The summed E-state index contributed by atoms with van der Waals surface area (Å²) in [6, 6.07) is -0.941. The Morgan fingerprint density at radius 3 is 2.31 bits per heavy atom. The normalized spacial score (nSPS) is 16.5. The predicted molar refractivity (Wildman–Crippen MR) is 50.1 cm³/mol. The van der Waals surface area contributed by atoms with E-state index in [1.165, 1.54) is 0 Å². The SMILES string of the molecule is CC[C@H](O)[C@@H](N)C(=O)OC(C)(C)C. The van der Waals surface area contributed by atoms with Gasteiger partial charge in [0.2, 0.25) is 0 Å². The van der Waals surface area contributed by atoms with Gasteiger partial charge in [0.25, 0.3) is 0 Å². The van der Waals surface area contributed by atoms with Crippen LogP contribution in [-0.2, 0) is 9.53 Å². The van der Waals surface area contributed by atoms with Crippen LogP contribution in [-0.4, -0.2) is 28.8 Å². The summed E-state index contributed by atoms with van der Waals surface area (Å²) in [5.74, 6) is -0.554. The lowest BCUT2D eigenvalue weighted by Crippen LogP contribution is -2.45. The van der Waals surface area contributed by atoms with Gasteiger partial charge < -0.3 is 15.6 Å². The van der Waals surface area contributed by atoms with Crippen LogP contribution in [0.25, 0.3) is 0 Å². The Hall–Kier alpha value is -0.610. The van der Waals surface area contributed by atoms with Crippen molar-refractivity contribution in [1.29, 1.82) is 0 Å². The first-order valence-electron chi connectivity index (χ1n) is 4.44. The minimum atomic E-state index is -0.941. The quantitative estimate of drug-likeness (QED) is 0.631. The third kappa shape index (κ3) is 4.85. The maximum absolute atomic E-state index is 11.3. The lowest BCUT2D eigenvalue weighted by Gasteiger charge is -2.23. The zero-order valence-electron chi connectivity index (χ0n) is 8.70. The van der Waals surface area contributed by atoms with Crippen molar-refractivity contribution in [3.05, 3.63) is 0 Å². The standard InChI is InChI=1S/C9H19NO3/c1-5-6(11)7(10)8(12)13-9(2,3)4/h6-7,11H,5,10H2,1-4H3/t6-,7+/m0/s1. The Labute approximate surface area is 79.1 Å². The number of aliphatic hydroxyl groups excluding tert-OH is 1. The van der Waals surface area contributed by atoms with Crippen LogP contribution >= 0.6 is 0 Å². The molecule has 0 aliphatic rings. The predicted octanol–water partition coefficient (Wildman–Crippen LogP) is 0.426. The van der Waals surface area contributed by atoms with Crippen molar-refractivity contribution in [1.82, 2.24) is 0 Å². The van der Waals surface area contributed by atoms with Crippen molar-refractivity contribution in [2.75, 3.05) is 0 Å². The summed E-state index contributed by atoms with van der Waals surface area (Å²) in [5.41, 5.74) is 4.90. The highest BCUT2D eigenvalue weighted by molar-refractivity contribution is 5.76. The molecule has 0 aliphatic carbocycles. The van der Waals surface area contributed by atoms with Crippen LogP contribution < -0.4 is 5.73 Å². The highest BCUT2D eigenvalue weighted by Crippen LogP contribution is 2.09. The van der Waals surface area contributed by atoms with Gasteiger partial charge in [-0.1, -0.05) is 6.92 Å². The summed E-state index contributed by atoms with van der Waals surface area (Å²) in [6.07, 6.45) is -0.379. The van der Waals surface area contributed by atoms with Gasteiger partial charge in [-0.25, -0.2) is 0 Å². The second-order valence-corrected chi connectivity index (χ2v) is 4.03. The Kier molecular flexibility index (Phi) is 4.36. The zero-order chi connectivity index (χ0) is 10.6. The van der Waals surface area contributed by atoms with E-state index in [2.05, 4.69) is 0 Å². The molecule has 0 saturated heterocycles. The maximum atomic E-state index is 11.3. The molecule has 0 unspecified atom stereocenters. The molecule has 78 valence electrons. The molecule has 0 fully saturated rings. The highest BCUT2D eigenvalue weighted by atomic mass is 16.6. The molecule has 0 spiro atoms. The molecule has 0 radical (unpaired) electrons. The van der Waals surface area contributed by atoms with Crippen molar-refractivity contribution in [2.24, 2.45) is 5.73 Å². The summed E-state index contributed by atoms with van der Waals surface area (Å²) in [6.45, 7) is 7.04. The zero-order valence-corrected chi connectivity index (χ0v) is 8.70. The molecule has 2 atom stereocenters. The van der Waals surface area contributed by atoms with Gasteiger partial charge in [-0.15, -0.1) is 0 Å². The number of ether oxygens (including phenoxy) is 1. The first kappa shape index (κ1) is 12.4. The molecule has 0 amide bonds. The summed E-state index contributed by atoms with van der Waals surface area (Å²) in [4.78, 5) is 11.3. The fourth-order valence-electron chi connectivity index (χ4n) is 0.781. The number of rotatable bonds is 3.